The molecule has 1 aliphatic rings. The fraction of sp³-hybridized carbons (Fsp3) is 0.786. The van der Waals surface area contributed by atoms with Gasteiger partial charge in [-0.05, 0) is 31.1 Å². The van der Waals surface area contributed by atoms with E-state index < -0.39 is 0 Å². The second kappa shape index (κ2) is 5.68. The lowest BCUT2D eigenvalue weighted by Crippen LogP contribution is -2.48. The third-order valence-electron chi connectivity index (χ3n) is 4.35. The Morgan fingerprint density at radius 2 is 2.33 bits per heavy atom. The standard InChI is InChI=1S/C14H25N3S/c1-10-9-18-13(16-10)8-12(17-15)11-6-4-5-7-14(11,2)3/h9,11-12,17H,4-8,15H2,1-3H3. The molecule has 0 saturated heterocycles. The van der Waals surface area contributed by atoms with Gasteiger partial charge >= 0.3 is 0 Å². The lowest BCUT2D eigenvalue weighted by atomic mass is 9.65. The summed E-state index contributed by atoms with van der Waals surface area (Å²) in [7, 11) is 0. The summed E-state index contributed by atoms with van der Waals surface area (Å²) in [5.74, 6) is 6.46. The fourth-order valence-electron chi connectivity index (χ4n) is 3.27. The van der Waals surface area contributed by atoms with E-state index in [-0.39, 0.29) is 0 Å². The summed E-state index contributed by atoms with van der Waals surface area (Å²) in [4.78, 5) is 4.56. The highest BCUT2D eigenvalue weighted by Gasteiger charge is 2.37. The van der Waals surface area contributed by atoms with Gasteiger partial charge in [-0.15, -0.1) is 11.3 Å². The fourth-order valence-corrected chi connectivity index (χ4v) is 4.10. The van der Waals surface area contributed by atoms with Crippen LogP contribution in [-0.4, -0.2) is 11.0 Å². The number of nitrogens with two attached hydrogens (primary N) is 1. The Morgan fingerprint density at radius 1 is 1.56 bits per heavy atom. The minimum Gasteiger partial charge on any atom is -0.271 e. The van der Waals surface area contributed by atoms with Crippen molar-refractivity contribution < 1.29 is 0 Å². The summed E-state index contributed by atoms with van der Waals surface area (Å²) >= 11 is 1.75. The van der Waals surface area contributed by atoms with Crippen LogP contribution in [0.5, 0.6) is 0 Å². The van der Waals surface area contributed by atoms with Crippen LogP contribution in [0.15, 0.2) is 5.38 Å². The number of aryl methyl sites for hydroxylation is 1. The second-order valence-electron chi connectivity index (χ2n) is 6.20. The molecule has 0 aromatic carbocycles. The lowest BCUT2D eigenvalue weighted by Gasteiger charge is -2.42. The molecule has 102 valence electrons. The van der Waals surface area contributed by atoms with Crippen LogP contribution >= 0.6 is 11.3 Å². The minimum atomic E-state index is 0.353. The third kappa shape index (κ3) is 3.11. The number of rotatable bonds is 4. The molecule has 1 heterocycles. The maximum absolute atomic E-state index is 5.81. The molecule has 0 aliphatic heterocycles. The maximum atomic E-state index is 5.81. The quantitative estimate of drug-likeness (QED) is 0.651. The van der Waals surface area contributed by atoms with Crippen LogP contribution in [0.25, 0.3) is 0 Å². The van der Waals surface area contributed by atoms with E-state index in [1.54, 1.807) is 11.3 Å². The van der Waals surface area contributed by atoms with Gasteiger partial charge < -0.3 is 0 Å². The van der Waals surface area contributed by atoms with Crippen molar-refractivity contribution in [3.8, 4) is 0 Å². The van der Waals surface area contributed by atoms with Crippen molar-refractivity contribution in [2.75, 3.05) is 0 Å². The van der Waals surface area contributed by atoms with Gasteiger partial charge in [-0.1, -0.05) is 26.7 Å². The number of hydrogen-bond acceptors (Lipinski definition) is 4. The van der Waals surface area contributed by atoms with Crippen LogP contribution < -0.4 is 11.3 Å². The first-order valence-corrected chi connectivity index (χ1v) is 7.78. The number of thiazole rings is 1. The first kappa shape index (κ1) is 14.0. The van der Waals surface area contributed by atoms with Crippen LogP contribution in [0.1, 0.15) is 50.2 Å². The Kier molecular flexibility index (Phi) is 4.41. The highest BCUT2D eigenvalue weighted by atomic mass is 32.1. The average Bonchev–Trinajstić information content (AvgIpc) is 2.72. The average molecular weight is 267 g/mol. The molecule has 1 saturated carbocycles. The van der Waals surface area contributed by atoms with Gasteiger partial charge in [0.05, 0.1) is 5.01 Å². The Bertz CT molecular complexity index is 386. The monoisotopic (exact) mass is 267 g/mol. The smallest absolute Gasteiger partial charge is 0.0944 e. The van der Waals surface area contributed by atoms with Crippen molar-refractivity contribution >= 4 is 11.3 Å². The molecule has 0 amide bonds. The van der Waals surface area contributed by atoms with Gasteiger partial charge in [-0.2, -0.15) is 0 Å². The number of nitrogens with one attached hydrogen (secondary N) is 1. The molecule has 0 radical (unpaired) electrons. The van der Waals surface area contributed by atoms with E-state index in [0.717, 1.165) is 12.1 Å². The van der Waals surface area contributed by atoms with Crippen LogP contribution in [0.2, 0.25) is 0 Å². The summed E-state index contributed by atoms with van der Waals surface area (Å²) in [5.41, 5.74) is 4.56. The lowest BCUT2D eigenvalue weighted by molar-refractivity contribution is 0.0981. The molecule has 2 rings (SSSR count). The van der Waals surface area contributed by atoms with Gasteiger partial charge in [-0.3, -0.25) is 11.3 Å². The summed E-state index contributed by atoms with van der Waals surface area (Å²) in [6.07, 6.45) is 6.25. The van der Waals surface area contributed by atoms with E-state index in [1.165, 1.54) is 30.7 Å². The molecule has 1 aliphatic carbocycles. The van der Waals surface area contributed by atoms with Crippen LogP contribution in [0, 0.1) is 18.3 Å². The van der Waals surface area contributed by atoms with Crippen molar-refractivity contribution in [3.05, 3.63) is 16.1 Å². The predicted molar refractivity (Wildman–Crippen MR) is 77.4 cm³/mol. The van der Waals surface area contributed by atoms with Gasteiger partial charge in [0.15, 0.2) is 0 Å². The zero-order valence-electron chi connectivity index (χ0n) is 11.7. The first-order valence-electron chi connectivity index (χ1n) is 6.90. The van der Waals surface area contributed by atoms with Crippen molar-refractivity contribution in [2.45, 2.75) is 58.9 Å². The molecule has 4 heteroatoms. The highest BCUT2D eigenvalue weighted by Crippen LogP contribution is 2.42. The SMILES string of the molecule is Cc1csc(CC(NN)C2CCCCC2(C)C)n1. The molecule has 2 unspecified atom stereocenters. The summed E-state index contributed by atoms with van der Waals surface area (Å²) in [5, 5.41) is 3.33. The Balaban J connectivity index is 2.07. The predicted octanol–water partition coefficient (Wildman–Crippen LogP) is 3.04. The van der Waals surface area contributed by atoms with E-state index >= 15 is 0 Å². The van der Waals surface area contributed by atoms with E-state index in [0.29, 0.717) is 17.4 Å². The largest absolute Gasteiger partial charge is 0.271 e. The number of hydrazine groups is 1. The molecule has 0 bridgehead atoms. The highest BCUT2D eigenvalue weighted by molar-refractivity contribution is 7.09. The topological polar surface area (TPSA) is 50.9 Å². The molecule has 3 N–H and O–H groups in total. The molecule has 18 heavy (non-hydrogen) atoms. The minimum absolute atomic E-state index is 0.353. The van der Waals surface area contributed by atoms with E-state index in [9.17, 15) is 0 Å². The molecule has 1 aromatic heterocycles. The molecule has 1 fully saturated rings. The van der Waals surface area contributed by atoms with E-state index in [2.05, 4.69) is 36.6 Å². The van der Waals surface area contributed by atoms with Crippen LogP contribution in [0.3, 0.4) is 0 Å². The summed E-state index contributed by atoms with van der Waals surface area (Å²) in [6.45, 7) is 6.82. The Labute approximate surface area is 114 Å². The zero-order chi connectivity index (χ0) is 13.2. The molecular formula is C14H25N3S. The molecule has 2 atom stereocenters. The van der Waals surface area contributed by atoms with Gasteiger partial charge in [-0.25, -0.2) is 4.98 Å². The number of nitrogens with zero attached hydrogens (tertiary/aromatic N) is 1. The summed E-state index contributed by atoms with van der Waals surface area (Å²) in [6, 6.07) is 0.353. The second-order valence-corrected chi connectivity index (χ2v) is 7.14. The van der Waals surface area contributed by atoms with E-state index in [4.69, 9.17) is 5.84 Å². The molecule has 3 nitrogen and oxygen atoms in total. The van der Waals surface area contributed by atoms with Gasteiger partial charge in [0.1, 0.15) is 0 Å². The van der Waals surface area contributed by atoms with Gasteiger partial charge in [0.2, 0.25) is 0 Å². The van der Waals surface area contributed by atoms with Crippen molar-refractivity contribution in [3.63, 3.8) is 0 Å². The first-order chi connectivity index (χ1) is 8.53. The third-order valence-corrected chi connectivity index (χ3v) is 5.34. The molecular weight excluding hydrogens is 242 g/mol. The molecule has 0 spiro atoms. The van der Waals surface area contributed by atoms with Gasteiger partial charge in [0.25, 0.3) is 0 Å². The van der Waals surface area contributed by atoms with E-state index in [1.807, 2.05) is 0 Å². The number of hydrogen-bond donors (Lipinski definition) is 2. The number of aromatic nitrogens is 1. The zero-order valence-corrected chi connectivity index (χ0v) is 12.5. The summed E-state index contributed by atoms with van der Waals surface area (Å²) < 4.78 is 0. The van der Waals surface area contributed by atoms with Gasteiger partial charge in [0, 0.05) is 23.5 Å². The Morgan fingerprint density at radius 3 is 2.89 bits per heavy atom. The molecule has 1 aromatic rings. The maximum Gasteiger partial charge on any atom is 0.0944 e. The van der Waals surface area contributed by atoms with Crippen LogP contribution in [0.4, 0.5) is 0 Å². The van der Waals surface area contributed by atoms with Crippen molar-refractivity contribution in [1.29, 1.82) is 0 Å². The Hall–Kier alpha value is -0.450. The van der Waals surface area contributed by atoms with Crippen LogP contribution in [-0.2, 0) is 6.42 Å². The van der Waals surface area contributed by atoms with Crippen molar-refractivity contribution in [2.24, 2.45) is 17.2 Å². The normalized spacial score (nSPS) is 25.0. The van der Waals surface area contributed by atoms with Crippen molar-refractivity contribution in [1.82, 2.24) is 10.4 Å².